The van der Waals surface area contributed by atoms with E-state index in [9.17, 15) is 9.90 Å². The number of amides is 1. The second kappa shape index (κ2) is 6.36. The number of pyridine rings is 1. The highest BCUT2D eigenvalue weighted by Crippen LogP contribution is 2.32. The molecule has 1 aromatic heterocycles. The molecule has 2 aromatic rings. The van der Waals surface area contributed by atoms with Crippen molar-refractivity contribution in [2.45, 2.75) is 0 Å². The van der Waals surface area contributed by atoms with Crippen molar-refractivity contribution in [3.63, 3.8) is 0 Å². The molecule has 1 amide bonds. The number of hydrogen-bond acceptors (Lipinski definition) is 4. The van der Waals surface area contributed by atoms with Gasteiger partial charge in [0.05, 0.1) is 21.8 Å². The summed E-state index contributed by atoms with van der Waals surface area (Å²) < 4.78 is 0. The standard InChI is InChI=1S/C13H9Cl2N3O2/c14-10-4-8(5-11(15)12(10)19)6-17-18-13(20)9-2-1-3-16-7-9/h1-7,19H,(H,18,20)/b17-6-. The zero-order valence-electron chi connectivity index (χ0n) is 10.0. The summed E-state index contributed by atoms with van der Waals surface area (Å²) in [5.41, 5.74) is 3.28. The SMILES string of the molecule is O=C(N/N=C\c1cc(Cl)c(O)c(Cl)c1)c1cccnc1. The molecular formula is C13H9Cl2N3O2. The molecule has 7 heteroatoms. The Morgan fingerprint density at radius 3 is 2.65 bits per heavy atom. The number of hydrogen-bond donors (Lipinski definition) is 2. The average molecular weight is 310 g/mol. The Hall–Kier alpha value is -2.11. The van der Waals surface area contributed by atoms with Crippen molar-refractivity contribution in [1.29, 1.82) is 0 Å². The zero-order chi connectivity index (χ0) is 14.5. The van der Waals surface area contributed by atoms with Crippen molar-refractivity contribution >= 4 is 35.3 Å². The molecule has 0 saturated carbocycles. The van der Waals surface area contributed by atoms with Crippen molar-refractivity contribution in [3.8, 4) is 5.75 Å². The Morgan fingerprint density at radius 2 is 2.05 bits per heavy atom. The van der Waals surface area contributed by atoms with E-state index in [1.54, 1.807) is 18.3 Å². The smallest absolute Gasteiger partial charge is 0.272 e. The molecule has 0 unspecified atom stereocenters. The number of nitrogens with zero attached hydrogens (tertiary/aromatic N) is 2. The summed E-state index contributed by atoms with van der Waals surface area (Å²) in [4.78, 5) is 15.5. The fraction of sp³-hybridized carbons (Fsp3) is 0. The maximum atomic E-state index is 11.7. The number of phenolic OH excluding ortho intramolecular Hbond substituents is 1. The minimum atomic E-state index is -0.384. The van der Waals surface area contributed by atoms with Gasteiger partial charge in [-0.05, 0) is 29.8 Å². The third-order valence-electron chi connectivity index (χ3n) is 2.34. The number of hydrazone groups is 1. The summed E-state index contributed by atoms with van der Waals surface area (Å²) in [6, 6.07) is 6.22. The lowest BCUT2D eigenvalue weighted by molar-refractivity contribution is 0.0955. The van der Waals surface area contributed by atoms with E-state index in [1.807, 2.05) is 0 Å². The summed E-state index contributed by atoms with van der Waals surface area (Å²) in [6.45, 7) is 0. The number of nitrogens with one attached hydrogen (secondary N) is 1. The first kappa shape index (κ1) is 14.3. The quantitative estimate of drug-likeness (QED) is 0.676. The third kappa shape index (κ3) is 3.46. The molecule has 5 nitrogen and oxygen atoms in total. The summed E-state index contributed by atoms with van der Waals surface area (Å²) in [6.07, 6.45) is 4.37. The number of aromatic hydroxyl groups is 1. The minimum Gasteiger partial charge on any atom is -0.505 e. The second-order valence-corrected chi connectivity index (χ2v) is 4.59. The lowest BCUT2D eigenvalue weighted by atomic mass is 10.2. The van der Waals surface area contributed by atoms with Crippen molar-refractivity contribution in [2.75, 3.05) is 0 Å². The highest BCUT2D eigenvalue weighted by Gasteiger charge is 2.06. The van der Waals surface area contributed by atoms with Gasteiger partial charge in [-0.2, -0.15) is 5.10 Å². The van der Waals surface area contributed by atoms with Crippen LogP contribution in [0.5, 0.6) is 5.75 Å². The van der Waals surface area contributed by atoms with E-state index < -0.39 is 0 Å². The van der Waals surface area contributed by atoms with Crippen LogP contribution in [-0.2, 0) is 0 Å². The van der Waals surface area contributed by atoms with Gasteiger partial charge >= 0.3 is 0 Å². The molecule has 0 aliphatic heterocycles. The third-order valence-corrected chi connectivity index (χ3v) is 2.92. The minimum absolute atomic E-state index is 0.109. The van der Waals surface area contributed by atoms with Crippen molar-refractivity contribution in [2.24, 2.45) is 5.10 Å². The molecule has 2 rings (SSSR count). The van der Waals surface area contributed by atoms with Gasteiger partial charge in [0, 0.05) is 12.4 Å². The fourth-order valence-corrected chi connectivity index (χ4v) is 1.89. The lowest BCUT2D eigenvalue weighted by Gasteiger charge is -2.02. The molecule has 0 aliphatic rings. The van der Waals surface area contributed by atoms with E-state index in [0.717, 1.165) is 0 Å². The van der Waals surface area contributed by atoms with Crippen LogP contribution in [0, 0.1) is 0 Å². The first-order chi connectivity index (χ1) is 9.58. The Kier molecular flexibility index (Phi) is 4.55. The van der Waals surface area contributed by atoms with Crippen molar-refractivity contribution in [1.82, 2.24) is 10.4 Å². The van der Waals surface area contributed by atoms with Crippen LogP contribution in [0.1, 0.15) is 15.9 Å². The molecule has 0 aliphatic carbocycles. The predicted molar refractivity (Wildman–Crippen MR) is 77.4 cm³/mol. The van der Waals surface area contributed by atoms with E-state index in [1.165, 1.54) is 24.5 Å². The first-order valence-electron chi connectivity index (χ1n) is 5.49. The number of aromatic nitrogens is 1. The van der Waals surface area contributed by atoms with Crippen LogP contribution < -0.4 is 5.43 Å². The number of phenols is 1. The van der Waals surface area contributed by atoms with Crippen LogP contribution in [-0.4, -0.2) is 22.2 Å². The fourth-order valence-electron chi connectivity index (χ4n) is 1.39. The van der Waals surface area contributed by atoms with E-state index in [2.05, 4.69) is 15.5 Å². The Bertz CT molecular complexity index is 637. The molecule has 2 N–H and O–H groups in total. The van der Waals surface area contributed by atoms with Crippen molar-refractivity contribution in [3.05, 3.63) is 57.8 Å². The van der Waals surface area contributed by atoms with Crippen LogP contribution in [0.15, 0.2) is 41.8 Å². The van der Waals surface area contributed by atoms with Gasteiger partial charge < -0.3 is 5.11 Å². The monoisotopic (exact) mass is 309 g/mol. The molecule has 0 bridgehead atoms. The van der Waals surface area contributed by atoms with Crippen molar-refractivity contribution < 1.29 is 9.90 Å². The second-order valence-electron chi connectivity index (χ2n) is 3.77. The Labute approximate surface area is 124 Å². The number of rotatable bonds is 3. The maximum Gasteiger partial charge on any atom is 0.272 e. The van der Waals surface area contributed by atoms with Crippen LogP contribution >= 0.6 is 23.2 Å². The summed E-state index contributed by atoms with van der Waals surface area (Å²) in [7, 11) is 0. The number of carbonyl (C=O) groups excluding carboxylic acids is 1. The van der Waals surface area contributed by atoms with Gasteiger partial charge in [-0.25, -0.2) is 5.43 Å². The molecule has 1 aromatic carbocycles. The molecule has 0 radical (unpaired) electrons. The molecule has 0 fully saturated rings. The van der Waals surface area contributed by atoms with Gasteiger partial charge in [0.25, 0.3) is 5.91 Å². The van der Waals surface area contributed by atoms with E-state index >= 15 is 0 Å². The van der Waals surface area contributed by atoms with Crippen LogP contribution in [0.2, 0.25) is 10.0 Å². The number of carbonyl (C=O) groups is 1. The zero-order valence-corrected chi connectivity index (χ0v) is 11.6. The lowest BCUT2D eigenvalue weighted by Crippen LogP contribution is -2.17. The predicted octanol–water partition coefficient (Wildman–Crippen LogP) is 2.86. The van der Waals surface area contributed by atoms with Crippen LogP contribution in [0.3, 0.4) is 0 Å². The van der Waals surface area contributed by atoms with Gasteiger partial charge in [0.1, 0.15) is 0 Å². The molecule has 0 spiro atoms. The number of halogens is 2. The topological polar surface area (TPSA) is 74.6 Å². The summed E-state index contributed by atoms with van der Waals surface area (Å²) in [5, 5.41) is 13.4. The molecule has 0 atom stereocenters. The Morgan fingerprint density at radius 1 is 1.35 bits per heavy atom. The summed E-state index contributed by atoms with van der Waals surface area (Å²) >= 11 is 11.5. The first-order valence-corrected chi connectivity index (χ1v) is 6.25. The van der Waals surface area contributed by atoms with Crippen LogP contribution in [0.25, 0.3) is 0 Å². The largest absolute Gasteiger partial charge is 0.505 e. The molecule has 1 heterocycles. The normalized spacial score (nSPS) is 10.7. The van der Waals surface area contributed by atoms with E-state index in [4.69, 9.17) is 23.2 Å². The van der Waals surface area contributed by atoms with Gasteiger partial charge in [0.15, 0.2) is 5.75 Å². The highest BCUT2D eigenvalue weighted by atomic mass is 35.5. The number of benzene rings is 1. The van der Waals surface area contributed by atoms with Gasteiger partial charge in [-0.1, -0.05) is 23.2 Å². The molecule has 20 heavy (non-hydrogen) atoms. The molecular weight excluding hydrogens is 301 g/mol. The van der Waals surface area contributed by atoms with Crippen LogP contribution in [0.4, 0.5) is 0 Å². The Balaban J connectivity index is 2.06. The van der Waals surface area contributed by atoms with E-state index in [-0.39, 0.29) is 21.7 Å². The van der Waals surface area contributed by atoms with Gasteiger partial charge in [-0.3, -0.25) is 9.78 Å². The van der Waals surface area contributed by atoms with E-state index in [0.29, 0.717) is 11.1 Å². The summed E-state index contributed by atoms with van der Waals surface area (Å²) in [5.74, 6) is -0.574. The molecule has 102 valence electrons. The average Bonchev–Trinajstić information content (AvgIpc) is 2.45. The van der Waals surface area contributed by atoms with Gasteiger partial charge in [-0.15, -0.1) is 0 Å². The molecule has 0 saturated heterocycles. The van der Waals surface area contributed by atoms with Gasteiger partial charge in [0.2, 0.25) is 0 Å². The highest BCUT2D eigenvalue weighted by molar-refractivity contribution is 6.37. The maximum absolute atomic E-state index is 11.7.